The summed E-state index contributed by atoms with van der Waals surface area (Å²) in [4.78, 5) is 11.8. The van der Waals surface area contributed by atoms with Crippen LogP contribution in [0.25, 0.3) is 0 Å². The average Bonchev–Trinajstić information content (AvgIpc) is 2.63. The van der Waals surface area contributed by atoms with E-state index in [0.717, 1.165) is 36.4 Å². The summed E-state index contributed by atoms with van der Waals surface area (Å²) >= 11 is 0. The molecule has 152 valence electrons. The molecule has 2 N–H and O–H groups in total. The predicted molar refractivity (Wildman–Crippen MR) is 92.2 cm³/mol. The lowest BCUT2D eigenvalue weighted by Gasteiger charge is -2.35. The molecule has 0 radical (unpaired) electrons. The third-order valence-corrected chi connectivity index (χ3v) is 4.99. The molecule has 0 amide bonds. The van der Waals surface area contributed by atoms with Crippen molar-refractivity contribution in [2.75, 3.05) is 11.9 Å². The topological polar surface area (TPSA) is 84.5 Å². The first-order valence-electron chi connectivity index (χ1n) is 7.88. The van der Waals surface area contributed by atoms with Crippen molar-refractivity contribution in [2.45, 2.75) is 23.7 Å². The third-order valence-electron chi connectivity index (χ3n) is 3.52. The fourth-order valence-electron chi connectivity index (χ4n) is 2.21. The van der Waals surface area contributed by atoms with E-state index in [0.29, 0.717) is 0 Å². The van der Waals surface area contributed by atoms with Gasteiger partial charge in [-0.3, -0.25) is 0 Å². The van der Waals surface area contributed by atoms with E-state index >= 15 is 0 Å². The van der Waals surface area contributed by atoms with E-state index < -0.39 is 45.2 Å². The van der Waals surface area contributed by atoms with Crippen molar-refractivity contribution in [3.63, 3.8) is 0 Å². The Morgan fingerprint density at radius 1 is 1.04 bits per heavy atom. The van der Waals surface area contributed by atoms with Gasteiger partial charge in [-0.2, -0.15) is 17.9 Å². The van der Waals surface area contributed by atoms with Crippen LogP contribution in [-0.2, 0) is 19.6 Å². The number of sulfonamides is 1. The first-order valence-corrected chi connectivity index (χ1v) is 9.37. The molecule has 2 aromatic rings. The minimum atomic E-state index is -5.45. The van der Waals surface area contributed by atoms with Crippen molar-refractivity contribution in [1.29, 1.82) is 0 Å². The number of alkyl halides is 3. The number of carbonyl (C=O) groups is 1. The van der Waals surface area contributed by atoms with Gasteiger partial charge in [0.15, 0.2) is 0 Å². The molecule has 1 atom stereocenters. The SMILES string of the molecule is CCOC(=O)C(Nc1ccc(F)cc1)(NS(=O)(=O)c1ccccc1)C(F)(F)F. The number of halogens is 4. The predicted octanol–water partition coefficient (Wildman–Crippen LogP) is 3.04. The molecule has 0 aliphatic rings. The summed E-state index contributed by atoms with van der Waals surface area (Å²) in [7, 11) is -4.80. The average molecular weight is 420 g/mol. The van der Waals surface area contributed by atoms with Crippen LogP contribution >= 0.6 is 0 Å². The first-order chi connectivity index (χ1) is 13.0. The Hall–Kier alpha value is -2.66. The minimum absolute atomic E-state index is 0.359. The highest BCUT2D eigenvalue weighted by Crippen LogP contribution is 2.34. The monoisotopic (exact) mass is 420 g/mol. The zero-order chi connectivity index (χ0) is 21.0. The maximum absolute atomic E-state index is 14.0. The zero-order valence-corrected chi connectivity index (χ0v) is 15.3. The van der Waals surface area contributed by atoms with Crippen LogP contribution < -0.4 is 10.0 Å². The molecule has 11 heteroatoms. The highest BCUT2D eigenvalue weighted by molar-refractivity contribution is 7.89. The van der Waals surface area contributed by atoms with E-state index in [2.05, 4.69) is 4.74 Å². The quantitative estimate of drug-likeness (QED) is 0.409. The Labute approximate surface area is 158 Å². The molecule has 2 rings (SSSR count). The van der Waals surface area contributed by atoms with Gasteiger partial charge in [0.25, 0.3) is 5.66 Å². The normalized spacial score (nSPS) is 14.2. The number of ether oxygens (including phenoxy) is 1. The zero-order valence-electron chi connectivity index (χ0n) is 14.5. The molecule has 0 bridgehead atoms. The highest BCUT2D eigenvalue weighted by Gasteiger charge is 2.64. The van der Waals surface area contributed by atoms with Crippen molar-refractivity contribution < 1.29 is 35.5 Å². The van der Waals surface area contributed by atoms with Gasteiger partial charge in [0.05, 0.1) is 11.5 Å². The molecule has 0 heterocycles. The molecule has 1 unspecified atom stereocenters. The summed E-state index contributed by atoms with van der Waals surface area (Å²) in [6, 6.07) is 9.75. The lowest BCUT2D eigenvalue weighted by molar-refractivity contribution is -0.202. The summed E-state index contributed by atoms with van der Waals surface area (Å²) in [5.74, 6) is -2.64. The van der Waals surface area contributed by atoms with Crippen LogP contribution in [0.3, 0.4) is 0 Å². The van der Waals surface area contributed by atoms with Gasteiger partial charge in [0.2, 0.25) is 10.0 Å². The highest BCUT2D eigenvalue weighted by atomic mass is 32.2. The second-order valence-corrected chi connectivity index (χ2v) is 7.20. The number of anilines is 1. The Balaban J connectivity index is 2.58. The van der Waals surface area contributed by atoms with E-state index in [1.165, 1.54) is 29.8 Å². The Kier molecular flexibility index (Phi) is 6.30. The number of esters is 1. The van der Waals surface area contributed by atoms with Crippen molar-refractivity contribution in [3.8, 4) is 0 Å². The van der Waals surface area contributed by atoms with Crippen molar-refractivity contribution in [1.82, 2.24) is 4.72 Å². The number of benzene rings is 2. The van der Waals surface area contributed by atoms with Crippen LogP contribution in [-0.4, -0.2) is 32.8 Å². The fraction of sp³-hybridized carbons (Fsp3) is 0.235. The molecule has 0 fully saturated rings. The number of hydrogen-bond acceptors (Lipinski definition) is 5. The number of carbonyl (C=O) groups excluding carboxylic acids is 1. The molecule has 2 aromatic carbocycles. The van der Waals surface area contributed by atoms with Crippen molar-refractivity contribution in [2.24, 2.45) is 0 Å². The molecule has 0 aliphatic carbocycles. The molecule has 28 heavy (non-hydrogen) atoms. The summed E-state index contributed by atoms with van der Waals surface area (Å²) in [5, 5.41) is 1.81. The van der Waals surface area contributed by atoms with Gasteiger partial charge in [-0.25, -0.2) is 17.6 Å². The number of hydrogen-bond donors (Lipinski definition) is 2. The molecule has 0 saturated heterocycles. The van der Waals surface area contributed by atoms with Gasteiger partial charge in [-0.05, 0) is 43.3 Å². The van der Waals surface area contributed by atoms with E-state index in [-0.39, 0.29) is 5.69 Å². The van der Waals surface area contributed by atoms with E-state index in [4.69, 9.17) is 0 Å². The number of rotatable bonds is 7. The van der Waals surface area contributed by atoms with Crippen LogP contribution in [0.5, 0.6) is 0 Å². The van der Waals surface area contributed by atoms with E-state index in [9.17, 15) is 30.8 Å². The molecule has 0 aromatic heterocycles. The van der Waals surface area contributed by atoms with Gasteiger partial charge < -0.3 is 10.1 Å². The van der Waals surface area contributed by atoms with Gasteiger partial charge >= 0.3 is 12.1 Å². The lowest BCUT2D eigenvalue weighted by atomic mass is 10.1. The summed E-state index contributed by atoms with van der Waals surface area (Å²) in [6.07, 6.45) is -5.45. The summed E-state index contributed by atoms with van der Waals surface area (Å²) in [5.41, 5.74) is -4.20. The fourth-order valence-corrected chi connectivity index (χ4v) is 3.50. The van der Waals surface area contributed by atoms with Crippen LogP contribution in [0, 0.1) is 5.82 Å². The maximum Gasteiger partial charge on any atom is 0.437 e. The van der Waals surface area contributed by atoms with Gasteiger partial charge in [-0.1, -0.05) is 18.2 Å². The maximum atomic E-state index is 14.0. The van der Waals surface area contributed by atoms with E-state index in [1.807, 2.05) is 5.32 Å². The Bertz CT molecular complexity index is 918. The molecule has 6 nitrogen and oxygen atoms in total. The second kappa shape index (κ2) is 8.15. The minimum Gasteiger partial charge on any atom is -0.463 e. The van der Waals surface area contributed by atoms with Crippen molar-refractivity contribution >= 4 is 21.7 Å². The lowest BCUT2D eigenvalue weighted by Crippen LogP contribution is -2.69. The molecule has 0 aliphatic heterocycles. The first kappa shape index (κ1) is 21.6. The van der Waals surface area contributed by atoms with Crippen molar-refractivity contribution in [3.05, 3.63) is 60.4 Å². The van der Waals surface area contributed by atoms with Crippen LogP contribution in [0.4, 0.5) is 23.2 Å². The van der Waals surface area contributed by atoms with Gasteiger partial charge in [0, 0.05) is 5.69 Å². The number of nitrogens with one attached hydrogen (secondary N) is 2. The molecule has 0 spiro atoms. The standard InChI is InChI=1S/C17H16F4N2O4S/c1-2-27-15(24)16(17(19,20)21,22-13-10-8-12(18)9-11-13)23-28(25,26)14-6-4-3-5-7-14/h3-11,22-23H,2H2,1H3. The molecule has 0 saturated carbocycles. The molecular formula is C17H16F4N2O4S. The Morgan fingerprint density at radius 3 is 2.11 bits per heavy atom. The smallest absolute Gasteiger partial charge is 0.437 e. The van der Waals surface area contributed by atoms with Gasteiger partial charge in [0.1, 0.15) is 5.82 Å². The van der Waals surface area contributed by atoms with Crippen LogP contribution in [0.2, 0.25) is 0 Å². The van der Waals surface area contributed by atoms with Crippen LogP contribution in [0.15, 0.2) is 59.5 Å². The third kappa shape index (κ3) is 4.60. The van der Waals surface area contributed by atoms with Crippen LogP contribution in [0.1, 0.15) is 6.92 Å². The largest absolute Gasteiger partial charge is 0.463 e. The second-order valence-electron chi connectivity index (χ2n) is 5.52. The summed E-state index contributed by atoms with van der Waals surface area (Å²) < 4.78 is 86.0. The van der Waals surface area contributed by atoms with Gasteiger partial charge in [-0.15, -0.1) is 0 Å². The summed E-state index contributed by atoms with van der Waals surface area (Å²) in [6.45, 7) is 0.831. The Morgan fingerprint density at radius 2 is 1.61 bits per heavy atom. The van der Waals surface area contributed by atoms with E-state index in [1.54, 1.807) is 0 Å². The molecular weight excluding hydrogens is 404 g/mol.